The van der Waals surface area contributed by atoms with Crippen LogP contribution in [0.1, 0.15) is 22.8 Å². The van der Waals surface area contributed by atoms with Gasteiger partial charge < -0.3 is 10.4 Å². The average molecular weight is 287 g/mol. The highest BCUT2D eigenvalue weighted by Crippen LogP contribution is 2.13. The highest BCUT2D eigenvalue weighted by Gasteiger charge is 2.13. The molecule has 0 aliphatic rings. The Morgan fingerprint density at radius 2 is 2.33 bits per heavy atom. The summed E-state index contributed by atoms with van der Waals surface area (Å²) in [4.78, 5) is 12.0. The Morgan fingerprint density at radius 1 is 1.52 bits per heavy atom. The first-order valence-electron chi connectivity index (χ1n) is 6.37. The van der Waals surface area contributed by atoms with Crippen molar-refractivity contribution in [1.82, 2.24) is 9.78 Å². The molecule has 0 unspecified atom stereocenters. The van der Waals surface area contributed by atoms with Crippen LogP contribution in [-0.4, -0.2) is 27.4 Å². The second-order valence-corrected chi connectivity index (χ2v) is 4.19. The normalized spacial score (nSPS) is 9.86. The zero-order valence-electron chi connectivity index (χ0n) is 11.4. The van der Waals surface area contributed by atoms with E-state index in [1.807, 2.05) is 6.92 Å². The lowest BCUT2D eigenvalue weighted by Gasteiger charge is -2.04. The third-order valence-corrected chi connectivity index (χ3v) is 2.74. The molecule has 0 spiro atoms. The number of amides is 1. The van der Waals surface area contributed by atoms with Crippen molar-refractivity contribution in [1.29, 1.82) is 0 Å². The third-order valence-electron chi connectivity index (χ3n) is 2.74. The monoisotopic (exact) mass is 287 g/mol. The molecule has 0 radical (unpaired) electrons. The van der Waals surface area contributed by atoms with Crippen LogP contribution < -0.4 is 5.32 Å². The smallest absolute Gasteiger partial charge is 0.258 e. The molecule has 0 saturated carbocycles. The minimum absolute atomic E-state index is 0.0752. The molecule has 0 bridgehead atoms. The van der Waals surface area contributed by atoms with Crippen LogP contribution in [0.3, 0.4) is 0 Å². The summed E-state index contributed by atoms with van der Waals surface area (Å²) >= 11 is 0. The minimum Gasteiger partial charge on any atom is -0.384 e. The molecular formula is C15H14FN3O2. The molecule has 0 atom stereocenters. The molecule has 0 fully saturated rings. The summed E-state index contributed by atoms with van der Waals surface area (Å²) in [6, 6.07) is 4.04. The van der Waals surface area contributed by atoms with E-state index >= 15 is 0 Å². The van der Waals surface area contributed by atoms with Crippen LogP contribution in [0.25, 0.3) is 0 Å². The molecule has 1 aromatic heterocycles. The number of nitrogens with zero attached hydrogens (tertiary/aromatic N) is 2. The van der Waals surface area contributed by atoms with Crippen LogP contribution in [-0.2, 0) is 6.54 Å². The molecule has 21 heavy (non-hydrogen) atoms. The van der Waals surface area contributed by atoms with Crippen LogP contribution in [0.5, 0.6) is 0 Å². The number of aromatic nitrogens is 2. The van der Waals surface area contributed by atoms with Crippen molar-refractivity contribution >= 4 is 11.6 Å². The van der Waals surface area contributed by atoms with E-state index < -0.39 is 11.7 Å². The number of aliphatic hydroxyl groups is 1. The van der Waals surface area contributed by atoms with Gasteiger partial charge in [0.2, 0.25) is 0 Å². The van der Waals surface area contributed by atoms with Gasteiger partial charge in [-0.1, -0.05) is 11.8 Å². The summed E-state index contributed by atoms with van der Waals surface area (Å²) in [5, 5.41) is 15.2. The van der Waals surface area contributed by atoms with Crippen molar-refractivity contribution < 1.29 is 14.3 Å². The molecule has 5 nitrogen and oxygen atoms in total. The first-order chi connectivity index (χ1) is 10.1. The fourth-order valence-electron chi connectivity index (χ4n) is 1.72. The molecule has 108 valence electrons. The maximum Gasteiger partial charge on any atom is 0.258 e. The van der Waals surface area contributed by atoms with Crippen molar-refractivity contribution in [2.24, 2.45) is 0 Å². The largest absolute Gasteiger partial charge is 0.384 e. The average Bonchev–Trinajstić information content (AvgIpc) is 2.92. The van der Waals surface area contributed by atoms with Crippen LogP contribution in [0.2, 0.25) is 0 Å². The summed E-state index contributed by atoms with van der Waals surface area (Å²) in [6.45, 7) is 2.30. The van der Waals surface area contributed by atoms with Crippen molar-refractivity contribution in [3.8, 4) is 11.8 Å². The Bertz CT molecular complexity index is 713. The second-order valence-electron chi connectivity index (χ2n) is 4.19. The fourth-order valence-corrected chi connectivity index (χ4v) is 1.72. The molecule has 0 aliphatic heterocycles. The zero-order chi connectivity index (χ0) is 15.2. The van der Waals surface area contributed by atoms with Gasteiger partial charge in [0.15, 0.2) is 0 Å². The van der Waals surface area contributed by atoms with Gasteiger partial charge in [-0.2, -0.15) is 5.10 Å². The Balaban J connectivity index is 2.15. The van der Waals surface area contributed by atoms with E-state index in [0.29, 0.717) is 17.8 Å². The van der Waals surface area contributed by atoms with Gasteiger partial charge in [-0.25, -0.2) is 4.39 Å². The van der Waals surface area contributed by atoms with E-state index in [1.54, 1.807) is 10.9 Å². The first kappa shape index (κ1) is 14.8. The number of nitrogens with one attached hydrogen (secondary N) is 1. The number of hydrogen-bond donors (Lipinski definition) is 2. The third kappa shape index (κ3) is 3.68. The molecule has 0 aliphatic carbocycles. The number of anilines is 1. The number of rotatable bonds is 3. The van der Waals surface area contributed by atoms with Gasteiger partial charge in [0.25, 0.3) is 5.91 Å². The van der Waals surface area contributed by atoms with Gasteiger partial charge in [0.05, 0.1) is 17.4 Å². The maximum absolute atomic E-state index is 13.9. The van der Waals surface area contributed by atoms with Gasteiger partial charge in [0, 0.05) is 18.3 Å². The van der Waals surface area contributed by atoms with Crippen molar-refractivity contribution in [2.75, 3.05) is 11.9 Å². The van der Waals surface area contributed by atoms with Gasteiger partial charge in [-0.15, -0.1) is 0 Å². The van der Waals surface area contributed by atoms with E-state index in [-0.39, 0.29) is 12.2 Å². The summed E-state index contributed by atoms with van der Waals surface area (Å²) in [5.74, 6) is 3.78. The molecular weight excluding hydrogens is 273 g/mol. The van der Waals surface area contributed by atoms with Crippen molar-refractivity contribution in [3.63, 3.8) is 0 Å². The molecule has 6 heteroatoms. The molecule has 1 aromatic carbocycles. The molecule has 1 amide bonds. The lowest BCUT2D eigenvalue weighted by molar-refractivity contribution is 0.102. The van der Waals surface area contributed by atoms with Gasteiger partial charge >= 0.3 is 0 Å². The standard InChI is InChI=1S/C15H14FN3O2/c1-2-19-10-12(9-17-19)18-15(21)13-6-5-11(4-3-7-20)8-14(13)16/h5-6,8-10,20H,2,7H2,1H3,(H,18,21). The Morgan fingerprint density at radius 3 is 2.95 bits per heavy atom. The molecule has 2 N–H and O–H groups in total. The predicted octanol–water partition coefficient (Wildman–Crippen LogP) is 1.64. The molecule has 2 rings (SSSR count). The minimum atomic E-state index is -0.667. The van der Waals surface area contributed by atoms with Gasteiger partial charge in [-0.05, 0) is 25.1 Å². The van der Waals surface area contributed by atoms with Gasteiger partial charge in [-0.3, -0.25) is 9.48 Å². The number of aryl methyl sites for hydroxylation is 1. The van der Waals surface area contributed by atoms with Crippen molar-refractivity contribution in [3.05, 3.63) is 47.5 Å². The number of carbonyl (C=O) groups excluding carboxylic acids is 1. The molecule has 1 heterocycles. The van der Waals surface area contributed by atoms with E-state index in [9.17, 15) is 9.18 Å². The van der Waals surface area contributed by atoms with Crippen LogP contribution in [0.15, 0.2) is 30.6 Å². The number of aliphatic hydroxyl groups excluding tert-OH is 1. The first-order valence-corrected chi connectivity index (χ1v) is 6.37. The lowest BCUT2D eigenvalue weighted by Crippen LogP contribution is -2.13. The quantitative estimate of drug-likeness (QED) is 0.843. The molecule has 0 saturated heterocycles. The highest BCUT2D eigenvalue weighted by molar-refractivity contribution is 6.04. The second kappa shape index (κ2) is 6.68. The maximum atomic E-state index is 13.9. The predicted molar refractivity (Wildman–Crippen MR) is 76.2 cm³/mol. The number of carbonyl (C=O) groups is 1. The van der Waals surface area contributed by atoms with Crippen LogP contribution >= 0.6 is 0 Å². The number of benzene rings is 1. The SMILES string of the molecule is CCn1cc(NC(=O)c2ccc(C#CCO)cc2F)cn1. The number of halogens is 1. The number of hydrogen-bond acceptors (Lipinski definition) is 3. The molecule has 2 aromatic rings. The van der Waals surface area contributed by atoms with E-state index in [0.717, 1.165) is 6.07 Å². The Hall–Kier alpha value is -2.65. The van der Waals surface area contributed by atoms with Gasteiger partial charge in [0.1, 0.15) is 12.4 Å². The Labute approximate surface area is 121 Å². The summed E-state index contributed by atoms with van der Waals surface area (Å²) in [6.07, 6.45) is 3.16. The van der Waals surface area contributed by atoms with E-state index in [4.69, 9.17) is 5.11 Å². The van der Waals surface area contributed by atoms with E-state index in [1.165, 1.54) is 18.3 Å². The Kier molecular flexibility index (Phi) is 4.69. The zero-order valence-corrected chi connectivity index (χ0v) is 11.4. The van der Waals surface area contributed by atoms with E-state index in [2.05, 4.69) is 22.3 Å². The topological polar surface area (TPSA) is 67.2 Å². The summed E-state index contributed by atoms with van der Waals surface area (Å²) < 4.78 is 15.5. The fraction of sp³-hybridized carbons (Fsp3) is 0.200. The summed E-state index contributed by atoms with van der Waals surface area (Å²) in [5.41, 5.74) is 0.830. The van der Waals surface area contributed by atoms with Crippen LogP contribution in [0, 0.1) is 17.7 Å². The lowest BCUT2D eigenvalue weighted by atomic mass is 10.1. The van der Waals surface area contributed by atoms with Crippen molar-refractivity contribution in [2.45, 2.75) is 13.5 Å². The summed E-state index contributed by atoms with van der Waals surface area (Å²) in [7, 11) is 0. The highest BCUT2D eigenvalue weighted by atomic mass is 19.1. The van der Waals surface area contributed by atoms with Crippen LogP contribution in [0.4, 0.5) is 10.1 Å².